The van der Waals surface area contributed by atoms with Gasteiger partial charge < -0.3 is 5.43 Å². The largest absolute Gasteiger partial charge is 0.323 e. The predicted octanol–water partition coefficient (Wildman–Crippen LogP) is 0.755. The molecule has 3 N–H and O–H groups in total. The van der Waals surface area contributed by atoms with Crippen LogP contribution in [0.15, 0.2) is 29.2 Å². The zero-order valence-corrected chi connectivity index (χ0v) is 9.87. The molecule has 88 valence electrons. The Morgan fingerprint density at radius 1 is 1.38 bits per heavy atom. The molecular formula is C10H15N3O2S. The number of rotatable bonds is 4. The zero-order chi connectivity index (χ0) is 11.8. The van der Waals surface area contributed by atoms with Crippen LogP contribution in [-0.2, 0) is 10.0 Å². The molecule has 1 saturated carbocycles. The maximum absolute atomic E-state index is 12.2. The fraction of sp³-hybridized carbons (Fsp3) is 0.400. The summed E-state index contributed by atoms with van der Waals surface area (Å²) in [4.78, 5) is 0.229. The summed E-state index contributed by atoms with van der Waals surface area (Å²) in [6.45, 7) is 0. The van der Waals surface area contributed by atoms with Gasteiger partial charge in [0, 0.05) is 13.1 Å². The summed E-state index contributed by atoms with van der Waals surface area (Å²) in [5.74, 6) is 5.31. The van der Waals surface area contributed by atoms with Crippen LogP contribution < -0.4 is 11.3 Å². The highest BCUT2D eigenvalue weighted by atomic mass is 32.2. The van der Waals surface area contributed by atoms with Crippen LogP contribution in [0.1, 0.15) is 12.8 Å². The van der Waals surface area contributed by atoms with Gasteiger partial charge in [-0.1, -0.05) is 12.1 Å². The number of sulfonamides is 1. The van der Waals surface area contributed by atoms with Crippen molar-refractivity contribution in [2.45, 2.75) is 23.8 Å². The van der Waals surface area contributed by atoms with Crippen molar-refractivity contribution in [3.8, 4) is 0 Å². The van der Waals surface area contributed by atoms with E-state index in [-0.39, 0.29) is 10.9 Å². The summed E-state index contributed by atoms with van der Waals surface area (Å²) in [7, 11) is -1.82. The first-order valence-electron chi connectivity index (χ1n) is 5.11. The van der Waals surface area contributed by atoms with Crippen LogP contribution in [0.5, 0.6) is 0 Å². The van der Waals surface area contributed by atoms with E-state index in [2.05, 4.69) is 5.43 Å². The molecule has 0 amide bonds. The van der Waals surface area contributed by atoms with Crippen molar-refractivity contribution in [2.75, 3.05) is 12.5 Å². The molecule has 0 aromatic heterocycles. The number of nitrogens with zero attached hydrogens (tertiary/aromatic N) is 1. The first-order chi connectivity index (χ1) is 7.57. The quantitative estimate of drug-likeness (QED) is 0.602. The van der Waals surface area contributed by atoms with Gasteiger partial charge in [0.2, 0.25) is 10.0 Å². The topological polar surface area (TPSA) is 75.4 Å². The Hall–Kier alpha value is -1.11. The summed E-state index contributed by atoms with van der Waals surface area (Å²) in [5, 5.41) is 0. The maximum atomic E-state index is 12.2. The molecule has 0 spiro atoms. The lowest BCUT2D eigenvalue weighted by Crippen LogP contribution is -2.29. The van der Waals surface area contributed by atoms with Gasteiger partial charge in [-0.2, -0.15) is 4.31 Å². The Bertz CT molecular complexity index is 483. The summed E-state index contributed by atoms with van der Waals surface area (Å²) in [6.07, 6.45) is 1.88. The van der Waals surface area contributed by atoms with E-state index in [1.807, 2.05) is 0 Å². The molecular weight excluding hydrogens is 226 g/mol. The fourth-order valence-electron chi connectivity index (χ4n) is 1.60. The summed E-state index contributed by atoms with van der Waals surface area (Å²) in [6, 6.07) is 6.78. The normalized spacial score (nSPS) is 16.4. The third kappa shape index (κ3) is 1.91. The van der Waals surface area contributed by atoms with Crippen molar-refractivity contribution in [3.05, 3.63) is 24.3 Å². The number of benzene rings is 1. The van der Waals surface area contributed by atoms with Crippen molar-refractivity contribution in [2.24, 2.45) is 5.84 Å². The minimum atomic E-state index is -3.43. The van der Waals surface area contributed by atoms with Crippen molar-refractivity contribution < 1.29 is 8.42 Å². The Kier molecular flexibility index (Phi) is 2.88. The van der Waals surface area contributed by atoms with E-state index in [4.69, 9.17) is 5.84 Å². The van der Waals surface area contributed by atoms with E-state index in [0.717, 1.165) is 12.8 Å². The molecule has 2 rings (SSSR count). The maximum Gasteiger partial charge on any atom is 0.245 e. The minimum Gasteiger partial charge on any atom is -0.323 e. The summed E-state index contributed by atoms with van der Waals surface area (Å²) < 4.78 is 25.9. The lowest BCUT2D eigenvalue weighted by molar-refractivity contribution is 0.464. The number of hydrogen-bond acceptors (Lipinski definition) is 4. The van der Waals surface area contributed by atoms with E-state index < -0.39 is 10.0 Å². The molecule has 1 aliphatic rings. The van der Waals surface area contributed by atoms with Crippen LogP contribution in [0.3, 0.4) is 0 Å². The van der Waals surface area contributed by atoms with Crippen molar-refractivity contribution in [1.82, 2.24) is 4.31 Å². The van der Waals surface area contributed by atoms with Gasteiger partial charge in [-0.25, -0.2) is 8.42 Å². The van der Waals surface area contributed by atoms with Crippen LogP contribution in [0.4, 0.5) is 5.69 Å². The van der Waals surface area contributed by atoms with Gasteiger partial charge in [0.25, 0.3) is 0 Å². The van der Waals surface area contributed by atoms with Gasteiger partial charge in [-0.3, -0.25) is 5.84 Å². The Morgan fingerprint density at radius 3 is 2.56 bits per heavy atom. The highest BCUT2D eigenvalue weighted by Crippen LogP contribution is 2.32. The van der Waals surface area contributed by atoms with Crippen LogP contribution in [0.25, 0.3) is 0 Å². The van der Waals surface area contributed by atoms with Gasteiger partial charge in [0.1, 0.15) is 4.90 Å². The standard InChI is InChI=1S/C10H15N3O2S/c1-13(8-6-7-8)16(14,15)10-5-3-2-4-9(10)12-11/h2-5,8,12H,6-7,11H2,1H3. The Labute approximate surface area is 95.3 Å². The molecule has 16 heavy (non-hydrogen) atoms. The fourth-order valence-corrected chi connectivity index (χ4v) is 3.17. The minimum absolute atomic E-state index is 0.149. The zero-order valence-electron chi connectivity index (χ0n) is 9.05. The monoisotopic (exact) mass is 241 g/mol. The van der Waals surface area contributed by atoms with Gasteiger partial charge >= 0.3 is 0 Å². The predicted molar refractivity (Wildman–Crippen MR) is 62.2 cm³/mol. The van der Waals surface area contributed by atoms with Crippen molar-refractivity contribution in [3.63, 3.8) is 0 Å². The van der Waals surface area contributed by atoms with E-state index >= 15 is 0 Å². The number of para-hydroxylation sites is 1. The van der Waals surface area contributed by atoms with Crippen LogP contribution in [0.2, 0.25) is 0 Å². The lowest BCUT2D eigenvalue weighted by Gasteiger charge is -2.18. The molecule has 1 aliphatic carbocycles. The second-order valence-electron chi connectivity index (χ2n) is 3.89. The van der Waals surface area contributed by atoms with Crippen LogP contribution >= 0.6 is 0 Å². The van der Waals surface area contributed by atoms with E-state index in [0.29, 0.717) is 5.69 Å². The highest BCUT2D eigenvalue weighted by Gasteiger charge is 2.35. The van der Waals surface area contributed by atoms with E-state index in [9.17, 15) is 8.42 Å². The summed E-state index contributed by atoms with van der Waals surface area (Å²) >= 11 is 0. The number of nitrogen functional groups attached to an aromatic ring is 1. The smallest absolute Gasteiger partial charge is 0.245 e. The van der Waals surface area contributed by atoms with E-state index in [1.165, 1.54) is 4.31 Å². The Morgan fingerprint density at radius 2 is 2.00 bits per heavy atom. The molecule has 1 aromatic carbocycles. The molecule has 0 unspecified atom stereocenters. The number of nitrogens with two attached hydrogens (primary N) is 1. The molecule has 6 heteroatoms. The average Bonchev–Trinajstić information content (AvgIpc) is 3.11. The highest BCUT2D eigenvalue weighted by molar-refractivity contribution is 7.89. The SMILES string of the molecule is CN(C1CC1)S(=O)(=O)c1ccccc1NN. The molecule has 0 heterocycles. The van der Waals surface area contributed by atoms with Crippen molar-refractivity contribution in [1.29, 1.82) is 0 Å². The van der Waals surface area contributed by atoms with Crippen molar-refractivity contribution >= 4 is 15.7 Å². The summed E-state index contributed by atoms with van der Waals surface area (Å²) in [5.41, 5.74) is 2.84. The van der Waals surface area contributed by atoms with Crippen LogP contribution in [0, 0.1) is 0 Å². The number of nitrogens with one attached hydrogen (secondary N) is 1. The first kappa shape index (κ1) is 11.4. The first-order valence-corrected chi connectivity index (χ1v) is 6.55. The molecule has 0 bridgehead atoms. The number of anilines is 1. The molecule has 0 saturated heterocycles. The van der Waals surface area contributed by atoms with Crippen LogP contribution in [-0.4, -0.2) is 25.8 Å². The van der Waals surface area contributed by atoms with Gasteiger partial charge in [0.05, 0.1) is 5.69 Å². The Balaban J connectivity index is 2.41. The van der Waals surface area contributed by atoms with Gasteiger partial charge in [-0.05, 0) is 25.0 Å². The molecule has 1 fully saturated rings. The molecule has 0 radical (unpaired) electrons. The third-order valence-electron chi connectivity index (χ3n) is 2.76. The average molecular weight is 241 g/mol. The third-order valence-corrected chi connectivity index (χ3v) is 4.73. The van der Waals surface area contributed by atoms with Gasteiger partial charge in [0.15, 0.2) is 0 Å². The second kappa shape index (κ2) is 4.04. The number of hydrogen-bond donors (Lipinski definition) is 2. The molecule has 1 aromatic rings. The number of hydrazine groups is 1. The van der Waals surface area contributed by atoms with Gasteiger partial charge in [-0.15, -0.1) is 0 Å². The van der Waals surface area contributed by atoms with E-state index in [1.54, 1.807) is 31.3 Å². The molecule has 0 atom stereocenters. The lowest BCUT2D eigenvalue weighted by atomic mass is 10.3. The second-order valence-corrected chi connectivity index (χ2v) is 5.86. The molecule has 0 aliphatic heterocycles. The molecule has 5 nitrogen and oxygen atoms in total.